The molecule has 0 aromatic carbocycles. The maximum absolute atomic E-state index is 12.2. The van der Waals surface area contributed by atoms with E-state index < -0.39 is 0 Å². The first kappa shape index (κ1) is 15.8. The number of rotatable bonds is 5. The molecule has 1 fully saturated rings. The quantitative estimate of drug-likeness (QED) is 0.762. The number of nitrogens with two attached hydrogens (primary N) is 1. The minimum atomic E-state index is -0.335. The van der Waals surface area contributed by atoms with Gasteiger partial charge in [0.15, 0.2) is 0 Å². The largest absolute Gasteiger partial charge is 0.393 e. The van der Waals surface area contributed by atoms with Crippen molar-refractivity contribution in [3.8, 4) is 0 Å². The average molecular weight is 288 g/mol. The highest BCUT2D eigenvalue weighted by atomic mass is 32.2. The number of thiocarbonyl (C=S) groups is 1. The van der Waals surface area contributed by atoms with Gasteiger partial charge >= 0.3 is 0 Å². The fourth-order valence-corrected chi connectivity index (χ4v) is 3.62. The molecule has 1 unspecified atom stereocenters. The van der Waals surface area contributed by atoms with E-state index in [1.54, 1.807) is 0 Å². The minimum absolute atomic E-state index is 0.00472. The van der Waals surface area contributed by atoms with E-state index in [0.29, 0.717) is 11.0 Å². The average Bonchev–Trinajstić information content (AvgIpc) is 2.28. The third-order valence-electron chi connectivity index (χ3n) is 3.61. The molecule has 5 heteroatoms. The summed E-state index contributed by atoms with van der Waals surface area (Å²) < 4.78 is 0. The molecule has 0 heterocycles. The molecule has 0 aliphatic heterocycles. The van der Waals surface area contributed by atoms with Crippen LogP contribution in [0.1, 0.15) is 39.5 Å². The fraction of sp³-hybridized carbons (Fsp3) is 0.846. The summed E-state index contributed by atoms with van der Waals surface area (Å²) in [6.07, 6.45) is 6.67. The van der Waals surface area contributed by atoms with Crippen LogP contribution in [0.4, 0.5) is 0 Å². The van der Waals surface area contributed by atoms with Crippen LogP contribution in [-0.2, 0) is 4.79 Å². The lowest BCUT2D eigenvalue weighted by atomic mass is 9.91. The molecule has 1 rings (SSSR count). The van der Waals surface area contributed by atoms with Gasteiger partial charge < -0.3 is 11.1 Å². The van der Waals surface area contributed by atoms with Crippen molar-refractivity contribution in [1.29, 1.82) is 0 Å². The van der Waals surface area contributed by atoms with Gasteiger partial charge in [-0.15, -0.1) is 0 Å². The number of nitrogens with one attached hydrogen (secondary N) is 1. The molecule has 18 heavy (non-hydrogen) atoms. The predicted molar refractivity (Wildman–Crippen MR) is 82.8 cm³/mol. The van der Waals surface area contributed by atoms with Gasteiger partial charge in [0, 0.05) is 11.3 Å². The molecule has 1 atom stereocenters. The van der Waals surface area contributed by atoms with Crippen LogP contribution in [-0.4, -0.2) is 28.4 Å². The van der Waals surface area contributed by atoms with E-state index in [1.165, 1.54) is 12.8 Å². The van der Waals surface area contributed by atoms with Crippen LogP contribution in [0, 0.1) is 11.8 Å². The molecule has 0 bridgehead atoms. The van der Waals surface area contributed by atoms with Crippen molar-refractivity contribution in [2.45, 2.75) is 50.8 Å². The summed E-state index contributed by atoms with van der Waals surface area (Å²) in [4.78, 5) is 12.5. The van der Waals surface area contributed by atoms with E-state index in [2.05, 4.69) is 11.6 Å². The molecule has 3 N–H and O–H groups in total. The Morgan fingerprint density at radius 1 is 1.33 bits per heavy atom. The van der Waals surface area contributed by atoms with Gasteiger partial charge in [0.25, 0.3) is 0 Å². The van der Waals surface area contributed by atoms with E-state index >= 15 is 0 Å². The molecule has 0 saturated heterocycles. The Labute approximate surface area is 120 Å². The first-order chi connectivity index (χ1) is 8.45. The van der Waals surface area contributed by atoms with Crippen LogP contribution >= 0.6 is 24.0 Å². The van der Waals surface area contributed by atoms with Gasteiger partial charge in [-0.3, -0.25) is 4.79 Å². The van der Waals surface area contributed by atoms with E-state index in [9.17, 15) is 4.79 Å². The maximum Gasteiger partial charge on any atom is 0.230 e. The van der Waals surface area contributed by atoms with Crippen molar-refractivity contribution in [2.24, 2.45) is 17.6 Å². The third kappa shape index (κ3) is 4.43. The van der Waals surface area contributed by atoms with Crippen molar-refractivity contribution in [3.63, 3.8) is 0 Å². The number of thioether (sulfide) groups is 1. The van der Waals surface area contributed by atoms with Gasteiger partial charge in [-0.25, -0.2) is 0 Å². The van der Waals surface area contributed by atoms with Gasteiger partial charge in [0.1, 0.15) is 0 Å². The predicted octanol–water partition coefficient (Wildman–Crippen LogP) is 2.34. The normalized spacial score (nSPS) is 25.8. The lowest BCUT2D eigenvalue weighted by molar-refractivity contribution is -0.124. The number of hydrogen-bond acceptors (Lipinski definition) is 3. The zero-order valence-electron chi connectivity index (χ0n) is 11.4. The first-order valence-corrected chi connectivity index (χ1v) is 8.27. The Hall–Kier alpha value is -0.290. The van der Waals surface area contributed by atoms with Crippen molar-refractivity contribution in [2.75, 3.05) is 6.26 Å². The maximum atomic E-state index is 12.2. The Morgan fingerprint density at radius 3 is 2.28 bits per heavy atom. The molecule has 0 spiro atoms. The molecule has 3 nitrogen and oxygen atoms in total. The molecule has 1 amide bonds. The van der Waals surface area contributed by atoms with Crippen LogP contribution in [0.15, 0.2) is 0 Å². The van der Waals surface area contributed by atoms with E-state index in [0.717, 1.165) is 18.1 Å². The number of amides is 1. The van der Waals surface area contributed by atoms with Gasteiger partial charge in [-0.1, -0.05) is 26.1 Å². The van der Waals surface area contributed by atoms with Gasteiger partial charge in [-0.2, -0.15) is 11.8 Å². The smallest absolute Gasteiger partial charge is 0.230 e. The number of carbonyl (C=O) groups excluding carboxylic acids is 1. The summed E-state index contributed by atoms with van der Waals surface area (Å²) in [6.45, 7) is 3.96. The van der Waals surface area contributed by atoms with Crippen LogP contribution in [0.2, 0.25) is 0 Å². The Morgan fingerprint density at radius 2 is 1.89 bits per heavy atom. The molecule has 1 aliphatic carbocycles. The van der Waals surface area contributed by atoms with Crippen LogP contribution in [0.5, 0.6) is 0 Å². The highest BCUT2D eigenvalue weighted by Gasteiger charge is 2.28. The first-order valence-electron chi connectivity index (χ1n) is 6.58. The zero-order chi connectivity index (χ0) is 13.7. The molecule has 0 aromatic rings. The van der Waals surface area contributed by atoms with E-state index in [-0.39, 0.29) is 17.7 Å². The van der Waals surface area contributed by atoms with Crippen molar-refractivity contribution >= 4 is 34.9 Å². The second kappa shape index (κ2) is 7.34. The second-order valence-electron chi connectivity index (χ2n) is 5.34. The van der Waals surface area contributed by atoms with E-state index in [4.69, 9.17) is 18.0 Å². The van der Waals surface area contributed by atoms with Crippen LogP contribution in [0.25, 0.3) is 0 Å². The highest BCUT2D eigenvalue weighted by molar-refractivity contribution is 7.99. The fourth-order valence-electron chi connectivity index (χ4n) is 2.49. The molecule has 0 aromatic heterocycles. The minimum Gasteiger partial charge on any atom is -0.393 e. The number of hydrogen-bond donors (Lipinski definition) is 2. The van der Waals surface area contributed by atoms with Gasteiger partial charge in [-0.05, 0) is 37.9 Å². The topological polar surface area (TPSA) is 55.1 Å². The van der Waals surface area contributed by atoms with Gasteiger partial charge in [0.05, 0.1) is 10.9 Å². The lowest BCUT2D eigenvalue weighted by Gasteiger charge is -2.30. The lowest BCUT2D eigenvalue weighted by Crippen LogP contribution is -2.46. The summed E-state index contributed by atoms with van der Waals surface area (Å²) in [7, 11) is 0. The SMILES string of the molecule is CSC1CCC(NC(=O)C(C(N)=S)C(C)C)CC1. The Balaban J connectivity index is 2.47. The van der Waals surface area contributed by atoms with Crippen molar-refractivity contribution in [3.05, 3.63) is 0 Å². The standard InChI is InChI=1S/C13H24N2OS2/c1-8(2)11(12(14)17)13(16)15-9-4-6-10(18-3)7-5-9/h8-11H,4-7H2,1-3H3,(H2,14,17)(H,15,16). The summed E-state index contributed by atoms with van der Waals surface area (Å²) in [6, 6.07) is 0.302. The zero-order valence-corrected chi connectivity index (χ0v) is 13.1. The number of carbonyl (C=O) groups is 1. The summed E-state index contributed by atoms with van der Waals surface area (Å²) in [5.74, 6) is -0.173. The monoisotopic (exact) mass is 288 g/mol. The third-order valence-corrected chi connectivity index (χ3v) is 5.00. The van der Waals surface area contributed by atoms with Crippen LogP contribution in [0.3, 0.4) is 0 Å². The Bertz CT molecular complexity index is 299. The molecular weight excluding hydrogens is 264 g/mol. The summed E-state index contributed by atoms with van der Waals surface area (Å²) >= 11 is 6.92. The molecule has 1 saturated carbocycles. The van der Waals surface area contributed by atoms with Crippen molar-refractivity contribution < 1.29 is 4.79 Å². The molecule has 0 radical (unpaired) electrons. The molecular formula is C13H24N2OS2. The summed E-state index contributed by atoms with van der Waals surface area (Å²) in [5.41, 5.74) is 5.65. The van der Waals surface area contributed by atoms with Crippen LogP contribution < -0.4 is 11.1 Å². The highest BCUT2D eigenvalue weighted by Crippen LogP contribution is 2.27. The molecule has 1 aliphatic rings. The van der Waals surface area contributed by atoms with Crippen molar-refractivity contribution in [1.82, 2.24) is 5.32 Å². The Kier molecular flexibility index (Phi) is 6.43. The second-order valence-corrected chi connectivity index (χ2v) is 6.95. The molecule has 104 valence electrons. The summed E-state index contributed by atoms with van der Waals surface area (Å²) in [5, 5.41) is 3.87. The van der Waals surface area contributed by atoms with Gasteiger partial charge in [0.2, 0.25) is 5.91 Å². The van der Waals surface area contributed by atoms with E-state index in [1.807, 2.05) is 25.6 Å².